The van der Waals surface area contributed by atoms with Crippen LogP contribution in [0.5, 0.6) is 5.75 Å². The van der Waals surface area contributed by atoms with Crippen molar-refractivity contribution in [2.45, 2.75) is 44.9 Å². The van der Waals surface area contributed by atoms with E-state index in [0.717, 1.165) is 41.2 Å². The Kier molecular flexibility index (Phi) is 10.1. The van der Waals surface area contributed by atoms with E-state index >= 15 is 0 Å². The molecule has 10 nitrogen and oxygen atoms in total. The monoisotopic (exact) mass is 595 g/mol. The number of ether oxygens (including phenoxy) is 1. The summed E-state index contributed by atoms with van der Waals surface area (Å²) in [6.07, 6.45) is -1.91. The molecule has 0 aliphatic rings. The Hall–Kier alpha value is -4.90. The third-order valence-corrected chi connectivity index (χ3v) is 6.59. The molecule has 2 N–H and O–H groups in total. The van der Waals surface area contributed by atoms with Crippen LogP contribution in [-0.4, -0.2) is 38.6 Å². The van der Waals surface area contributed by atoms with E-state index in [0.29, 0.717) is 29.1 Å². The zero-order chi connectivity index (χ0) is 30.0. The molecule has 4 rings (SSSR count). The number of nitrogens with zero attached hydrogens (tertiary/aromatic N) is 5. The minimum Gasteiger partial charge on any atom is -0.406 e. The summed E-state index contributed by atoms with van der Waals surface area (Å²) in [6, 6.07) is 17.5. The number of hydrogen-bond acceptors (Lipinski definition) is 9. The number of alkyl halides is 3. The minimum absolute atomic E-state index is 0.128. The highest BCUT2D eigenvalue weighted by atomic mass is 32.1. The number of nitrogens with one attached hydrogen (secondary N) is 2. The van der Waals surface area contributed by atoms with Crippen molar-refractivity contribution < 1.29 is 27.5 Å². The summed E-state index contributed by atoms with van der Waals surface area (Å²) in [6.45, 7) is 0. The van der Waals surface area contributed by atoms with Crippen LogP contribution in [0.1, 0.15) is 40.2 Å². The van der Waals surface area contributed by atoms with Crippen LogP contribution in [0.3, 0.4) is 0 Å². The molecule has 2 aromatic heterocycles. The number of anilines is 2. The molecule has 4 aromatic rings. The number of aromatic nitrogens is 4. The molecule has 14 heteroatoms. The average molecular weight is 596 g/mol. The summed E-state index contributed by atoms with van der Waals surface area (Å²) in [5.41, 5.74) is 2.31. The zero-order valence-electron chi connectivity index (χ0n) is 22.0. The van der Waals surface area contributed by atoms with Gasteiger partial charge in [0.25, 0.3) is 0 Å². The second kappa shape index (κ2) is 14.1. The van der Waals surface area contributed by atoms with Gasteiger partial charge in [-0.2, -0.15) is 10.4 Å². The van der Waals surface area contributed by atoms with Crippen molar-refractivity contribution >= 4 is 34.1 Å². The fourth-order valence-corrected chi connectivity index (χ4v) is 4.67. The summed E-state index contributed by atoms with van der Waals surface area (Å²) in [4.78, 5) is 24.6. The van der Waals surface area contributed by atoms with E-state index in [4.69, 9.17) is 5.26 Å². The van der Waals surface area contributed by atoms with Crippen LogP contribution in [-0.2, 0) is 35.3 Å². The maximum atomic E-state index is 12.4. The summed E-state index contributed by atoms with van der Waals surface area (Å²) in [5, 5.41) is 31.8. The van der Waals surface area contributed by atoms with E-state index in [1.807, 2.05) is 6.07 Å². The third-order valence-electron chi connectivity index (χ3n) is 5.69. The Morgan fingerprint density at radius 3 is 2.29 bits per heavy atom. The summed E-state index contributed by atoms with van der Waals surface area (Å²) in [7, 11) is 0. The van der Waals surface area contributed by atoms with E-state index in [-0.39, 0.29) is 24.6 Å². The molecule has 0 fully saturated rings. The van der Waals surface area contributed by atoms with Gasteiger partial charge in [-0.15, -0.1) is 28.5 Å². The molecule has 0 aliphatic heterocycles. The molecule has 0 radical (unpaired) electrons. The lowest BCUT2D eigenvalue weighted by atomic mass is 10.1. The number of carbonyl (C=O) groups is 2. The number of rotatable bonds is 12. The van der Waals surface area contributed by atoms with Crippen LogP contribution >= 0.6 is 11.3 Å². The van der Waals surface area contributed by atoms with Crippen LogP contribution < -0.4 is 15.4 Å². The normalized spacial score (nSPS) is 11.0. The molecule has 0 saturated carbocycles. The molecule has 0 unspecified atom stereocenters. The molecule has 42 heavy (non-hydrogen) atoms. The van der Waals surface area contributed by atoms with E-state index in [1.165, 1.54) is 23.5 Å². The van der Waals surface area contributed by atoms with E-state index in [9.17, 15) is 22.8 Å². The Labute approximate surface area is 242 Å². The van der Waals surface area contributed by atoms with Crippen LogP contribution in [0.4, 0.5) is 24.1 Å². The van der Waals surface area contributed by atoms with Gasteiger partial charge in [-0.3, -0.25) is 9.59 Å². The van der Waals surface area contributed by atoms with Crippen molar-refractivity contribution in [1.29, 1.82) is 5.26 Å². The van der Waals surface area contributed by atoms with Crippen molar-refractivity contribution in [3.63, 3.8) is 0 Å². The van der Waals surface area contributed by atoms with Gasteiger partial charge in [-0.25, -0.2) is 0 Å². The van der Waals surface area contributed by atoms with Gasteiger partial charge in [0.1, 0.15) is 10.8 Å². The molecule has 2 amide bonds. The van der Waals surface area contributed by atoms with Crippen molar-refractivity contribution in [3.8, 4) is 11.8 Å². The quantitative estimate of drug-likeness (QED) is 0.217. The SMILES string of the molecule is N#Cc1cccc(CC(=O)Nc2nnc(CCCCc3ccc(NC(=O)Cc4cccc(OC(F)(F)F)c4)nn3)s2)c1. The van der Waals surface area contributed by atoms with Crippen molar-refractivity contribution in [2.75, 3.05) is 10.6 Å². The Morgan fingerprint density at radius 2 is 1.57 bits per heavy atom. The first kappa shape index (κ1) is 30.1. The van der Waals surface area contributed by atoms with Gasteiger partial charge in [0.05, 0.1) is 30.2 Å². The van der Waals surface area contributed by atoms with Gasteiger partial charge < -0.3 is 15.4 Å². The van der Waals surface area contributed by atoms with Gasteiger partial charge in [-0.05, 0) is 66.8 Å². The zero-order valence-corrected chi connectivity index (χ0v) is 22.8. The third kappa shape index (κ3) is 9.93. The first-order chi connectivity index (χ1) is 20.1. The second-order valence-corrected chi connectivity index (χ2v) is 10.1. The van der Waals surface area contributed by atoms with Gasteiger partial charge in [0, 0.05) is 6.42 Å². The first-order valence-corrected chi connectivity index (χ1v) is 13.6. The number of benzene rings is 2. The van der Waals surface area contributed by atoms with E-state index in [2.05, 4.69) is 35.8 Å². The van der Waals surface area contributed by atoms with Crippen molar-refractivity contribution in [1.82, 2.24) is 20.4 Å². The number of amides is 2. The van der Waals surface area contributed by atoms with Crippen LogP contribution in [0.2, 0.25) is 0 Å². The lowest BCUT2D eigenvalue weighted by Gasteiger charge is -2.10. The smallest absolute Gasteiger partial charge is 0.406 e. The summed E-state index contributed by atoms with van der Waals surface area (Å²) >= 11 is 1.31. The van der Waals surface area contributed by atoms with Gasteiger partial charge in [0.15, 0.2) is 5.82 Å². The molecular formula is C28H24F3N7O3S. The Balaban J connectivity index is 1.16. The highest BCUT2D eigenvalue weighted by molar-refractivity contribution is 7.15. The molecule has 0 aliphatic carbocycles. The maximum Gasteiger partial charge on any atom is 0.573 e. The lowest BCUT2D eigenvalue weighted by molar-refractivity contribution is -0.274. The molecule has 0 atom stereocenters. The predicted octanol–water partition coefficient (Wildman–Crippen LogP) is 5.03. The van der Waals surface area contributed by atoms with Gasteiger partial charge >= 0.3 is 6.36 Å². The molecule has 0 spiro atoms. The molecule has 2 heterocycles. The van der Waals surface area contributed by atoms with Crippen molar-refractivity contribution in [3.05, 3.63) is 88.1 Å². The molecule has 2 aromatic carbocycles. The highest BCUT2D eigenvalue weighted by Gasteiger charge is 2.31. The maximum absolute atomic E-state index is 12.4. The predicted molar refractivity (Wildman–Crippen MR) is 148 cm³/mol. The first-order valence-electron chi connectivity index (χ1n) is 12.7. The summed E-state index contributed by atoms with van der Waals surface area (Å²) < 4.78 is 41.1. The number of halogens is 3. The average Bonchev–Trinajstić information content (AvgIpc) is 3.38. The van der Waals surface area contributed by atoms with Crippen molar-refractivity contribution in [2.24, 2.45) is 0 Å². The molecular weight excluding hydrogens is 571 g/mol. The second-order valence-electron chi connectivity index (χ2n) is 9.08. The number of nitriles is 1. The van der Waals surface area contributed by atoms with Gasteiger partial charge in [-0.1, -0.05) is 35.6 Å². The lowest BCUT2D eigenvalue weighted by Crippen LogP contribution is -2.18. The van der Waals surface area contributed by atoms with Crippen LogP contribution in [0.25, 0.3) is 0 Å². The molecule has 0 saturated heterocycles. The standard InChI is InChI=1S/C28H24F3N7O3S/c29-28(30,31)41-22-9-4-6-19(14-22)16-24(39)33-23-12-11-21(35-36-23)8-1-2-10-26-37-38-27(42-26)34-25(40)15-18-5-3-7-20(13-18)17-32/h3-7,9,11-14H,1-2,8,10,15-16H2,(H,33,36,39)(H,34,38,40). The fourth-order valence-electron chi connectivity index (χ4n) is 3.87. The number of hydrogen-bond donors (Lipinski definition) is 2. The highest BCUT2D eigenvalue weighted by Crippen LogP contribution is 2.24. The number of aryl methyl sites for hydroxylation is 2. The van der Waals surface area contributed by atoms with E-state index < -0.39 is 18.0 Å². The topological polar surface area (TPSA) is 143 Å². The largest absolute Gasteiger partial charge is 0.573 e. The van der Waals surface area contributed by atoms with Crippen LogP contribution in [0.15, 0.2) is 60.7 Å². The number of carbonyl (C=O) groups excluding carboxylic acids is 2. The van der Waals surface area contributed by atoms with Crippen LogP contribution in [0, 0.1) is 11.3 Å². The number of unbranched alkanes of at least 4 members (excludes halogenated alkanes) is 1. The molecule has 0 bridgehead atoms. The minimum atomic E-state index is -4.81. The Bertz CT molecular complexity index is 1570. The fraction of sp³-hybridized carbons (Fsp3) is 0.250. The van der Waals surface area contributed by atoms with E-state index in [1.54, 1.807) is 36.4 Å². The molecule has 216 valence electrons. The van der Waals surface area contributed by atoms with Gasteiger partial charge in [0.2, 0.25) is 16.9 Å². The summed E-state index contributed by atoms with van der Waals surface area (Å²) in [5.74, 6) is -0.865. The Morgan fingerprint density at radius 1 is 0.857 bits per heavy atom.